The number of hydrogen-bond acceptors (Lipinski definition) is 6. The molecule has 7 heteroatoms. The summed E-state index contributed by atoms with van der Waals surface area (Å²) in [6.07, 6.45) is 7.14. The third kappa shape index (κ3) is 5.84. The van der Waals surface area contributed by atoms with E-state index in [0.717, 1.165) is 39.0 Å². The third-order valence-electron chi connectivity index (χ3n) is 10.7. The molecule has 0 N–H and O–H groups in total. The first-order valence-electron chi connectivity index (χ1n) is 19.1. The van der Waals surface area contributed by atoms with Crippen LogP contribution in [0.5, 0.6) is 0 Å². The molecule has 0 bridgehead atoms. The van der Waals surface area contributed by atoms with Crippen molar-refractivity contribution >= 4 is 43.2 Å². The number of benzene rings is 6. The largest absolute Gasteiger partial charge is 0.309 e. The molecule has 6 aromatic carbocycles. The van der Waals surface area contributed by atoms with Crippen LogP contribution in [0.3, 0.4) is 0 Å². The highest BCUT2D eigenvalue weighted by atomic mass is 32.1. The first-order chi connectivity index (χ1) is 28.8. The summed E-state index contributed by atoms with van der Waals surface area (Å²) in [5, 5.41) is 3.76. The summed E-state index contributed by atoms with van der Waals surface area (Å²) in [4.78, 5) is 24.6. The number of fused-ring (bicyclic) bond motifs is 5. The molecule has 0 radical (unpaired) electrons. The Morgan fingerprint density at radius 1 is 0.362 bits per heavy atom. The minimum Gasteiger partial charge on any atom is -0.309 e. The Morgan fingerprint density at radius 2 is 0.862 bits per heavy atom. The van der Waals surface area contributed by atoms with Crippen molar-refractivity contribution in [1.29, 1.82) is 0 Å². The molecule has 0 saturated carbocycles. The van der Waals surface area contributed by atoms with Gasteiger partial charge in [0.2, 0.25) is 0 Å². The van der Waals surface area contributed by atoms with E-state index in [4.69, 9.17) is 15.0 Å². The predicted molar refractivity (Wildman–Crippen MR) is 238 cm³/mol. The van der Waals surface area contributed by atoms with Gasteiger partial charge in [0.05, 0.1) is 11.0 Å². The van der Waals surface area contributed by atoms with Crippen LogP contribution < -0.4 is 0 Å². The summed E-state index contributed by atoms with van der Waals surface area (Å²) >= 11 is 1.88. The van der Waals surface area contributed by atoms with E-state index in [1.807, 2.05) is 35.6 Å². The van der Waals surface area contributed by atoms with Crippen molar-refractivity contribution in [2.45, 2.75) is 0 Å². The van der Waals surface area contributed by atoms with Gasteiger partial charge in [-0.15, -0.1) is 11.3 Å². The van der Waals surface area contributed by atoms with Crippen molar-refractivity contribution in [3.05, 3.63) is 195 Å². The number of thiophene rings is 1. The van der Waals surface area contributed by atoms with E-state index in [2.05, 4.69) is 160 Å². The zero-order valence-corrected chi connectivity index (χ0v) is 31.9. The van der Waals surface area contributed by atoms with E-state index in [-0.39, 0.29) is 0 Å². The fourth-order valence-corrected chi connectivity index (χ4v) is 9.33. The number of nitrogens with zero attached hydrogens (tertiary/aromatic N) is 6. The molecule has 0 unspecified atom stereocenters. The number of para-hydroxylation sites is 1. The van der Waals surface area contributed by atoms with Crippen LogP contribution in [0.4, 0.5) is 0 Å². The lowest BCUT2D eigenvalue weighted by Crippen LogP contribution is -2.00. The molecule has 0 aliphatic carbocycles. The quantitative estimate of drug-likeness (QED) is 0.162. The van der Waals surface area contributed by atoms with Crippen LogP contribution in [0.2, 0.25) is 0 Å². The maximum atomic E-state index is 5.04. The van der Waals surface area contributed by atoms with Gasteiger partial charge in [0.15, 0.2) is 17.5 Å². The molecule has 58 heavy (non-hydrogen) atoms. The molecule has 0 spiro atoms. The molecule has 0 amide bonds. The summed E-state index contributed by atoms with van der Waals surface area (Å²) in [5.41, 5.74) is 12.0. The monoisotopic (exact) mass is 760 g/mol. The summed E-state index contributed by atoms with van der Waals surface area (Å²) in [6, 6.07) is 59.6. The van der Waals surface area contributed by atoms with Gasteiger partial charge in [-0.1, -0.05) is 109 Å². The molecule has 272 valence electrons. The molecule has 0 aliphatic rings. The van der Waals surface area contributed by atoms with Gasteiger partial charge in [0.25, 0.3) is 0 Å². The van der Waals surface area contributed by atoms with Gasteiger partial charge < -0.3 is 4.57 Å². The lowest BCUT2D eigenvalue weighted by Gasteiger charge is -2.11. The van der Waals surface area contributed by atoms with Gasteiger partial charge in [0.1, 0.15) is 0 Å². The fourth-order valence-electron chi connectivity index (χ4n) is 7.95. The van der Waals surface area contributed by atoms with Crippen molar-refractivity contribution in [3.8, 4) is 72.5 Å². The van der Waals surface area contributed by atoms with Crippen molar-refractivity contribution in [3.63, 3.8) is 0 Å². The molecule has 5 aromatic heterocycles. The van der Waals surface area contributed by atoms with Crippen molar-refractivity contribution in [1.82, 2.24) is 29.5 Å². The molecule has 0 saturated heterocycles. The molecule has 11 rings (SSSR count). The fraction of sp³-hybridized carbons (Fsp3) is 0. The Labute approximate surface area is 338 Å². The summed E-state index contributed by atoms with van der Waals surface area (Å²) < 4.78 is 3.67. The minimum atomic E-state index is 0.594. The molecule has 11 aromatic rings. The van der Waals surface area contributed by atoms with Gasteiger partial charge in [0, 0.05) is 78.5 Å². The lowest BCUT2D eigenvalue weighted by molar-refractivity contribution is 1.07. The van der Waals surface area contributed by atoms with E-state index in [9.17, 15) is 0 Å². The standard InChI is InChI=1S/C51H32N6S/c1-3-9-35(10-4-1)45-42-23-24-44-46(48(42)58-47(45)36-11-5-2-6-12-36)41-13-7-8-14-43(41)57(44)40-21-19-38(20-22-40)50-54-49(55-51(56-50)39-27-31-53-32-28-39)37-17-15-33(16-18-37)34-25-29-52-30-26-34/h1-32H. The summed E-state index contributed by atoms with van der Waals surface area (Å²) in [7, 11) is 0. The highest BCUT2D eigenvalue weighted by Gasteiger charge is 2.22. The van der Waals surface area contributed by atoms with Crippen LogP contribution in [0.15, 0.2) is 195 Å². The van der Waals surface area contributed by atoms with E-state index >= 15 is 0 Å². The average Bonchev–Trinajstić information content (AvgIpc) is 3.87. The van der Waals surface area contributed by atoms with E-state index < -0.39 is 0 Å². The van der Waals surface area contributed by atoms with E-state index in [0.29, 0.717) is 17.5 Å². The first-order valence-corrected chi connectivity index (χ1v) is 20.0. The zero-order chi connectivity index (χ0) is 38.4. The van der Waals surface area contributed by atoms with Crippen LogP contribution in [-0.4, -0.2) is 29.5 Å². The first kappa shape index (κ1) is 33.7. The molecule has 0 fully saturated rings. The normalized spacial score (nSPS) is 11.4. The van der Waals surface area contributed by atoms with Crippen molar-refractivity contribution in [2.75, 3.05) is 0 Å². The van der Waals surface area contributed by atoms with Crippen LogP contribution in [0.1, 0.15) is 0 Å². The third-order valence-corrected chi connectivity index (χ3v) is 12.0. The minimum absolute atomic E-state index is 0.594. The second-order valence-corrected chi connectivity index (χ2v) is 15.2. The van der Waals surface area contributed by atoms with E-state index in [1.54, 1.807) is 24.8 Å². The number of rotatable bonds is 7. The molecular formula is C51H32N6S. The Kier molecular flexibility index (Phi) is 8.23. The maximum absolute atomic E-state index is 5.04. The maximum Gasteiger partial charge on any atom is 0.164 e. The molecule has 0 atom stereocenters. The SMILES string of the molecule is c1ccc(-c2sc3c(ccc4c3c3ccccc3n4-c3ccc(-c4nc(-c5ccncc5)nc(-c5ccc(-c6ccncc6)cc5)n4)cc3)c2-c2ccccc2)cc1. The molecule has 6 nitrogen and oxygen atoms in total. The number of aromatic nitrogens is 6. The second-order valence-electron chi connectivity index (χ2n) is 14.1. The van der Waals surface area contributed by atoms with Crippen LogP contribution in [0.25, 0.3) is 104 Å². The number of hydrogen-bond donors (Lipinski definition) is 0. The zero-order valence-electron chi connectivity index (χ0n) is 31.1. The smallest absolute Gasteiger partial charge is 0.164 e. The predicted octanol–water partition coefficient (Wildman–Crippen LogP) is 13.0. The Balaban J connectivity index is 1.04. The van der Waals surface area contributed by atoms with E-state index in [1.165, 1.54) is 47.9 Å². The van der Waals surface area contributed by atoms with Gasteiger partial charge in [-0.25, -0.2) is 15.0 Å². The Bertz CT molecular complexity index is 3230. The number of pyridine rings is 2. The molecule has 0 aliphatic heterocycles. The summed E-state index contributed by atoms with van der Waals surface area (Å²) in [6.45, 7) is 0. The van der Waals surface area contributed by atoms with Gasteiger partial charge in [-0.2, -0.15) is 0 Å². The van der Waals surface area contributed by atoms with Gasteiger partial charge in [-0.05, 0) is 82.9 Å². The Morgan fingerprint density at radius 3 is 1.50 bits per heavy atom. The topological polar surface area (TPSA) is 69.4 Å². The van der Waals surface area contributed by atoms with Gasteiger partial charge >= 0.3 is 0 Å². The van der Waals surface area contributed by atoms with Gasteiger partial charge in [-0.3, -0.25) is 9.97 Å². The highest BCUT2D eigenvalue weighted by molar-refractivity contribution is 7.24. The van der Waals surface area contributed by atoms with Crippen molar-refractivity contribution < 1.29 is 0 Å². The summed E-state index contributed by atoms with van der Waals surface area (Å²) in [5.74, 6) is 1.80. The Hall–Kier alpha value is -7.61. The van der Waals surface area contributed by atoms with Crippen LogP contribution >= 0.6 is 11.3 Å². The average molecular weight is 761 g/mol. The molecular weight excluding hydrogens is 729 g/mol. The van der Waals surface area contributed by atoms with Crippen LogP contribution in [-0.2, 0) is 0 Å². The van der Waals surface area contributed by atoms with Crippen molar-refractivity contribution in [2.24, 2.45) is 0 Å². The lowest BCUT2D eigenvalue weighted by atomic mass is 9.98. The highest BCUT2D eigenvalue weighted by Crippen LogP contribution is 2.49. The molecule has 5 heterocycles. The second kappa shape index (κ2) is 14.2. The van der Waals surface area contributed by atoms with Crippen LogP contribution in [0, 0.1) is 0 Å².